The SMILES string of the molecule is CCc1nc(C(=O)N2C[C@@H](N(C)C)[C@@H](n3ccnn3)C2)no1. The van der Waals surface area contributed by atoms with Gasteiger partial charge in [0.2, 0.25) is 5.89 Å². The van der Waals surface area contributed by atoms with Crippen molar-refractivity contribution in [3.63, 3.8) is 0 Å². The predicted octanol–water partition coefficient (Wildman–Crippen LogP) is -0.149. The fourth-order valence-corrected chi connectivity index (χ4v) is 2.72. The number of hydrogen-bond acceptors (Lipinski definition) is 7. The molecular formula is C13H19N7O2. The Hall–Kier alpha value is -2.29. The lowest BCUT2D eigenvalue weighted by molar-refractivity contribution is 0.0765. The van der Waals surface area contributed by atoms with Crippen LogP contribution in [0.15, 0.2) is 16.9 Å². The third kappa shape index (κ3) is 2.59. The lowest BCUT2D eigenvalue weighted by atomic mass is 10.1. The van der Waals surface area contributed by atoms with Crippen LogP contribution in [-0.2, 0) is 6.42 Å². The Labute approximate surface area is 127 Å². The first-order valence-corrected chi connectivity index (χ1v) is 7.24. The van der Waals surface area contributed by atoms with E-state index in [2.05, 4.69) is 25.4 Å². The van der Waals surface area contributed by atoms with Gasteiger partial charge >= 0.3 is 0 Å². The maximum Gasteiger partial charge on any atom is 0.295 e. The molecule has 9 heteroatoms. The summed E-state index contributed by atoms with van der Waals surface area (Å²) in [5.74, 6) is 0.381. The molecule has 2 aromatic heterocycles. The number of carbonyl (C=O) groups is 1. The number of amides is 1. The minimum absolute atomic E-state index is 0.0546. The maximum absolute atomic E-state index is 12.5. The molecule has 1 aliphatic heterocycles. The smallest absolute Gasteiger partial charge is 0.295 e. The first-order chi connectivity index (χ1) is 10.6. The number of likely N-dealkylation sites (tertiary alicyclic amines) is 1. The van der Waals surface area contributed by atoms with Crippen LogP contribution < -0.4 is 0 Å². The summed E-state index contributed by atoms with van der Waals surface area (Å²) in [6, 6.07) is 0.210. The van der Waals surface area contributed by atoms with Crippen LogP contribution in [-0.4, -0.2) is 74.1 Å². The van der Waals surface area contributed by atoms with Gasteiger partial charge in [-0.3, -0.25) is 4.79 Å². The van der Waals surface area contributed by atoms with Crippen molar-refractivity contribution in [1.82, 2.24) is 34.9 Å². The van der Waals surface area contributed by atoms with Crippen molar-refractivity contribution in [3.8, 4) is 0 Å². The van der Waals surface area contributed by atoms with Crippen molar-refractivity contribution < 1.29 is 9.32 Å². The fourth-order valence-electron chi connectivity index (χ4n) is 2.72. The number of nitrogens with zero attached hydrogens (tertiary/aromatic N) is 7. The molecule has 9 nitrogen and oxygen atoms in total. The molecule has 3 rings (SSSR count). The molecule has 0 spiro atoms. The maximum atomic E-state index is 12.5. The first-order valence-electron chi connectivity index (χ1n) is 7.24. The monoisotopic (exact) mass is 305 g/mol. The molecule has 118 valence electrons. The van der Waals surface area contributed by atoms with Crippen LogP contribution >= 0.6 is 0 Å². The minimum Gasteiger partial charge on any atom is -0.339 e. The van der Waals surface area contributed by atoms with Gasteiger partial charge in [-0.25, -0.2) is 4.68 Å². The molecule has 1 amide bonds. The standard InChI is InChI=1S/C13H19N7O2/c1-4-11-15-12(16-22-11)13(21)19-7-9(18(2)3)10(8-19)20-6-5-14-17-20/h5-6,9-10H,4,7-8H2,1-3H3/t9-,10+/m1/s1. The van der Waals surface area contributed by atoms with Gasteiger partial charge in [-0.2, -0.15) is 4.98 Å². The van der Waals surface area contributed by atoms with Gasteiger partial charge in [0.15, 0.2) is 0 Å². The van der Waals surface area contributed by atoms with Crippen molar-refractivity contribution in [2.75, 3.05) is 27.2 Å². The molecular weight excluding hydrogens is 286 g/mol. The highest BCUT2D eigenvalue weighted by molar-refractivity contribution is 5.90. The number of rotatable bonds is 4. The molecule has 3 heterocycles. The Kier molecular flexibility index (Phi) is 3.88. The summed E-state index contributed by atoms with van der Waals surface area (Å²) >= 11 is 0. The van der Waals surface area contributed by atoms with Crippen molar-refractivity contribution in [1.29, 1.82) is 0 Å². The predicted molar refractivity (Wildman–Crippen MR) is 76.1 cm³/mol. The van der Waals surface area contributed by atoms with Crippen LogP contribution in [0.1, 0.15) is 29.5 Å². The Bertz CT molecular complexity index is 637. The van der Waals surface area contributed by atoms with Gasteiger partial charge in [-0.15, -0.1) is 5.10 Å². The number of likely N-dealkylation sites (N-methyl/N-ethyl adjacent to an activating group) is 1. The third-order valence-electron chi connectivity index (χ3n) is 3.95. The zero-order chi connectivity index (χ0) is 15.7. The van der Waals surface area contributed by atoms with E-state index in [1.165, 1.54) is 0 Å². The molecule has 0 saturated carbocycles. The van der Waals surface area contributed by atoms with E-state index in [4.69, 9.17) is 4.52 Å². The average Bonchev–Trinajstić information content (AvgIpc) is 3.24. The highest BCUT2D eigenvalue weighted by Gasteiger charge is 2.39. The normalized spacial score (nSPS) is 21.7. The van der Waals surface area contributed by atoms with Crippen molar-refractivity contribution in [2.24, 2.45) is 0 Å². The van der Waals surface area contributed by atoms with Crippen molar-refractivity contribution >= 4 is 5.91 Å². The average molecular weight is 305 g/mol. The molecule has 0 N–H and O–H groups in total. The summed E-state index contributed by atoms with van der Waals surface area (Å²) in [4.78, 5) is 20.5. The van der Waals surface area contributed by atoms with Crippen molar-refractivity contribution in [3.05, 3.63) is 24.1 Å². The van der Waals surface area contributed by atoms with Gasteiger partial charge in [0, 0.05) is 25.7 Å². The summed E-state index contributed by atoms with van der Waals surface area (Å²) < 4.78 is 6.82. The zero-order valence-corrected chi connectivity index (χ0v) is 12.9. The molecule has 1 fully saturated rings. The molecule has 0 unspecified atom stereocenters. The molecule has 2 atom stereocenters. The largest absolute Gasteiger partial charge is 0.339 e. The Balaban J connectivity index is 1.79. The van der Waals surface area contributed by atoms with Gasteiger partial charge in [-0.05, 0) is 14.1 Å². The van der Waals surface area contributed by atoms with Crippen LogP contribution in [0.3, 0.4) is 0 Å². The Morgan fingerprint density at radius 2 is 2.27 bits per heavy atom. The minimum atomic E-state index is -0.210. The topological polar surface area (TPSA) is 93.2 Å². The molecule has 2 aromatic rings. The second kappa shape index (κ2) is 5.84. The number of aromatic nitrogens is 5. The van der Waals surface area contributed by atoms with E-state index in [9.17, 15) is 4.79 Å². The quantitative estimate of drug-likeness (QED) is 0.775. The summed E-state index contributed by atoms with van der Waals surface area (Å²) in [6.07, 6.45) is 4.07. The van der Waals surface area contributed by atoms with E-state index in [1.807, 2.05) is 27.2 Å². The van der Waals surface area contributed by atoms with E-state index in [1.54, 1.807) is 15.8 Å². The highest BCUT2D eigenvalue weighted by atomic mass is 16.5. The summed E-state index contributed by atoms with van der Waals surface area (Å²) in [5, 5.41) is 11.7. The number of carbonyl (C=O) groups excluding carboxylic acids is 1. The molecule has 1 aliphatic rings. The van der Waals surface area contributed by atoms with E-state index >= 15 is 0 Å². The van der Waals surface area contributed by atoms with E-state index in [0.717, 1.165) is 0 Å². The molecule has 0 aromatic carbocycles. The van der Waals surface area contributed by atoms with Crippen LogP contribution in [0, 0.1) is 0 Å². The lowest BCUT2D eigenvalue weighted by Gasteiger charge is -2.24. The second-order valence-electron chi connectivity index (χ2n) is 5.56. The fraction of sp³-hybridized carbons (Fsp3) is 0.615. The van der Waals surface area contributed by atoms with Crippen molar-refractivity contribution in [2.45, 2.75) is 25.4 Å². The van der Waals surface area contributed by atoms with Crippen LogP contribution in [0.4, 0.5) is 0 Å². The molecule has 1 saturated heterocycles. The van der Waals surface area contributed by atoms with Gasteiger partial charge in [0.25, 0.3) is 11.7 Å². The molecule has 0 radical (unpaired) electrons. The lowest BCUT2D eigenvalue weighted by Crippen LogP contribution is -2.37. The van der Waals surface area contributed by atoms with Gasteiger partial charge in [0.1, 0.15) is 0 Å². The molecule has 22 heavy (non-hydrogen) atoms. The van der Waals surface area contributed by atoms with Crippen LogP contribution in [0.2, 0.25) is 0 Å². The zero-order valence-electron chi connectivity index (χ0n) is 12.9. The van der Waals surface area contributed by atoms with E-state index in [-0.39, 0.29) is 23.8 Å². The van der Waals surface area contributed by atoms with Crippen LogP contribution in [0.5, 0.6) is 0 Å². The second-order valence-corrected chi connectivity index (χ2v) is 5.56. The summed E-state index contributed by atoms with van der Waals surface area (Å²) in [5.41, 5.74) is 0. The summed E-state index contributed by atoms with van der Waals surface area (Å²) in [7, 11) is 3.98. The summed E-state index contributed by atoms with van der Waals surface area (Å²) in [6.45, 7) is 3.04. The van der Waals surface area contributed by atoms with Gasteiger partial charge in [0.05, 0.1) is 18.3 Å². The van der Waals surface area contributed by atoms with Crippen LogP contribution in [0.25, 0.3) is 0 Å². The third-order valence-corrected chi connectivity index (χ3v) is 3.95. The first kappa shape index (κ1) is 14.6. The number of aryl methyl sites for hydroxylation is 1. The molecule has 0 bridgehead atoms. The van der Waals surface area contributed by atoms with E-state index < -0.39 is 0 Å². The Morgan fingerprint density at radius 3 is 2.86 bits per heavy atom. The highest BCUT2D eigenvalue weighted by Crippen LogP contribution is 2.25. The van der Waals surface area contributed by atoms with E-state index in [0.29, 0.717) is 25.4 Å². The number of hydrogen-bond donors (Lipinski definition) is 0. The van der Waals surface area contributed by atoms with Gasteiger partial charge in [-0.1, -0.05) is 17.3 Å². The molecule has 0 aliphatic carbocycles. The van der Waals surface area contributed by atoms with Gasteiger partial charge < -0.3 is 14.3 Å². The Morgan fingerprint density at radius 1 is 1.45 bits per heavy atom.